The Morgan fingerprint density at radius 3 is 1.03 bits per heavy atom. The van der Waals surface area contributed by atoms with Crippen molar-refractivity contribution in [1.82, 2.24) is 0 Å². The molecule has 1 nitrogen and oxygen atoms in total. The number of rotatable bonds is 20. The van der Waals surface area contributed by atoms with Crippen molar-refractivity contribution in [1.29, 1.82) is 0 Å². The first-order valence-corrected chi connectivity index (χ1v) is 27.5. The highest BCUT2D eigenvalue weighted by Crippen LogP contribution is 2.51. The molecule has 0 bridgehead atoms. The quantitative estimate of drug-likeness (QED) is 0.0634. The van der Waals surface area contributed by atoms with Gasteiger partial charge >= 0.3 is 0 Å². The van der Waals surface area contributed by atoms with Crippen molar-refractivity contribution in [3.63, 3.8) is 0 Å². The van der Waals surface area contributed by atoms with Crippen LogP contribution in [0, 0.1) is 70.6 Å². The van der Waals surface area contributed by atoms with Crippen LogP contribution in [0.2, 0.25) is 0 Å². The van der Waals surface area contributed by atoms with Crippen LogP contribution in [0.4, 0.5) is 17.6 Å². The minimum atomic E-state index is -0.835. The average Bonchev–Trinajstić information content (AvgIpc) is 3.37. The van der Waals surface area contributed by atoms with E-state index in [0.29, 0.717) is 23.0 Å². The maximum Gasteiger partial charge on any atom is 0.159 e. The Kier molecular flexibility index (Phi) is 18.6. The van der Waals surface area contributed by atoms with Gasteiger partial charge in [-0.05, 0) is 182 Å². The molecule has 8 rings (SSSR count). The molecule has 4 aromatic carbocycles. The molecule has 0 heterocycles. The fourth-order valence-corrected chi connectivity index (χ4v) is 13.6. The lowest BCUT2D eigenvalue weighted by Gasteiger charge is -2.43. The van der Waals surface area contributed by atoms with Gasteiger partial charge in [-0.2, -0.15) is 0 Å². The van der Waals surface area contributed by atoms with E-state index in [1.54, 1.807) is 12.1 Å². The molecule has 0 N–H and O–H groups in total. The first-order valence-electron chi connectivity index (χ1n) is 27.5. The molecule has 4 aromatic rings. The molecule has 67 heavy (non-hydrogen) atoms. The van der Waals surface area contributed by atoms with E-state index in [1.165, 1.54) is 166 Å². The van der Waals surface area contributed by atoms with Crippen LogP contribution < -0.4 is 0 Å². The third-order valence-electron chi connectivity index (χ3n) is 17.8. The molecule has 4 aliphatic rings. The summed E-state index contributed by atoms with van der Waals surface area (Å²) >= 11 is 0. The Labute approximate surface area is 402 Å². The molecule has 5 heteroatoms. The second-order valence-electron chi connectivity index (χ2n) is 22.1. The highest BCUT2D eigenvalue weighted by Gasteiger charge is 2.39. The van der Waals surface area contributed by atoms with Crippen molar-refractivity contribution < 1.29 is 22.3 Å². The molecule has 364 valence electrons. The second-order valence-corrected chi connectivity index (χ2v) is 22.1. The van der Waals surface area contributed by atoms with Gasteiger partial charge in [-0.15, -0.1) is 0 Å². The van der Waals surface area contributed by atoms with Crippen LogP contribution >= 0.6 is 0 Å². The molecule has 0 aliphatic heterocycles. The van der Waals surface area contributed by atoms with Crippen LogP contribution in [0.15, 0.2) is 84.9 Å². The first kappa shape index (κ1) is 50.0. The Morgan fingerprint density at radius 2 is 0.701 bits per heavy atom. The van der Waals surface area contributed by atoms with Crippen molar-refractivity contribution >= 4 is 0 Å². The normalized spacial score (nSPS) is 26.8. The number of ether oxygens (including phenoxy) is 1. The summed E-state index contributed by atoms with van der Waals surface area (Å²) in [5.41, 5.74) is 5.35. The molecule has 2 atom stereocenters. The molecule has 2 unspecified atom stereocenters. The molecule has 0 aromatic heterocycles. The summed E-state index contributed by atoms with van der Waals surface area (Å²) in [6.45, 7) is 4.60. The number of hydrogen-bond donors (Lipinski definition) is 0. The number of hydrogen-bond acceptors (Lipinski definition) is 1. The van der Waals surface area contributed by atoms with Crippen LogP contribution in [-0.2, 0) is 4.74 Å². The lowest BCUT2D eigenvalue weighted by atomic mass is 9.67. The molecule has 0 saturated heterocycles. The molecule has 4 saturated carbocycles. The molecular formula is C62H82F4O. The van der Waals surface area contributed by atoms with Crippen molar-refractivity contribution in [2.75, 3.05) is 0 Å². The first-order chi connectivity index (χ1) is 32.8. The predicted octanol–water partition coefficient (Wildman–Crippen LogP) is 19.5. The van der Waals surface area contributed by atoms with Crippen LogP contribution in [0.5, 0.6) is 0 Å². The lowest BCUT2D eigenvalue weighted by Crippen LogP contribution is -2.31. The van der Waals surface area contributed by atoms with E-state index in [2.05, 4.69) is 62.4 Å². The van der Waals surface area contributed by atoms with Crippen molar-refractivity contribution in [3.05, 3.63) is 119 Å². The van der Waals surface area contributed by atoms with E-state index in [0.717, 1.165) is 83.4 Å². The van der Waals surface area contributed by atoms with Gasteiger partial charge in [0.15, 0.2) is 23.3 Å². The zero-order valence-corrected chi connectivity index (χ0v) is 41.2. The Hall–Kier alpha value is -3.44. The van der Waals surface area contributed by atoms with E-state index in [1.807, 2.05) is 0 Å². The minimum Gasteiger partial charge on any atom is -0.365 e. The average molecular weight is 919 g/mol. The highest BCUT2D eigenvalue weighted by atomic mass is 19.2. The largest absolute Gasteiger partial charge is 0.365 e. The summed E-state index contributed by atoms with van der Waals surface area (Å²) < 4.78 is 64.4. The third-order valence-corrected chi connectivity index (χ3v) is 17.8. The lowest BCUT2D eigenvalue weighted by molar-refractivity contribution is -0.0934. The maximum absolute atomic E-state index is 14.4. The number of unbranched alkanes of at least 4 members (excludes halogenated alkanes) is 6. The zero-order valence-electron chi connectivity index (χ0n) is 41.2. The fraction of sp³-hybridized carbons (Fsp3) is 0.613. The van der Waals surface area contributed by atoms with Crippen LogP contribution in [0.1, 0.15) is 204 Å². The van der Waals surface area contributed by atoms with Crippen LogP contribution in [0.25, 0.3) is 22.3 Å². The summed E-state index contributed by atoms with van der Waals surface area (Å²) in [4.78, 5) is 0. The zero-order chi connectivity index (χ0) is 46.5. The van der Waals surface area contributed by atoms with Gasteiger partial charge in [-0.1, -0.05) is 164 Å². The molecule has 4 aliphatic carbocycles. The molecule has 0 amide bonds. The van der Waals surface area contributed by atoms with Crippen molar-refractivity contribution in [2.45, 2.75) is 193 Å². The monoisotopic (exact) mass is 919 g/mol. The van der Waals surface area contributed by atoms with E-state index >= 15 is 0 Å². The Bertz CT molecular complexity index is 1910. The molecule has 0 spiro atoms. The minimum absolute atomic E-state index is 0.111. The van der Waals surface area contributed by atoms with Crippen LogP contribution in [0.3, 0.4) is 0 Å². The van der Waals surface area contributed by atoms with Gasteiger partial charge in [0.1, 0.15) is 0 Å². The van der Waals surface area contributed by atoms with E-state index in [-0.39, 0.29) is 12.2 Å². The van der Waals surface area contributed by atoms with Gasteiger partial charge in [0.05, 0.1) is 12.2 Å². The summed E-state index contributed by atoms with van der Waals surface area (Å²) in [7, 11) is 0. The maximum atomic E-state index is 14.4. The van der Waals surface area contributed by atoms with E-state index in [4.69, 9.17) is 4.74 Å². The second kappa shape index (κ2) is 24.9. The standard InChI is InChI=1S/C62H82F4O/c1-3-5-7-9-11-43-13-17-45(18-14-43)47-21-29-51(30-22-47)61(53-33-25-49(26-34-53)55-37-39-57(63)59(65)41-55)67-62(54-35-27-50(28-36-54)56-38-40-58(64)60(66)42-56)52-31-23-48(24-32-52)46-19-15-44(16-20-46)12-10-8-6-4-2/h25-28,33-48,51-52,61-62H,3-24,29-32H2,1-2H3/t43-,44-,45-,46-,47-,48-,51-,52-,61?,62?. The van der Waals surface area contributed by atoms with Crippen molar-refractivity contribution in [3.8, 4) is 22.3 Å². The predicted molar refractivity (Wildman–Crippen MR) is 269 cm³/mol. The SMILES string of the molecule is CCCCCC[C@H]1CC[C@H]([C@H]2CC[C@H](C(OC(c3ccc(-c4ccc(F)c(F)c4)cc3)[C@H]3CC[C@H]([C@H]4CC[C@H](CCCCCC)CC4)CC3)c3ccc(-c4ccc(F)c(F)c4)cc3)CC2)CC1. The van der Waals surface area contributed by atoms with Crippen molar-refractivity contribution in [2.24, 2.45) is 47.3 Å². The van der Waals surface area contributed by atoms with Gasteiger partial charge in [0.2, 0.25) is 0 Å². The van der Waals surface area contributed by atoms with Gasteiger partial charge in [0.25, 0.3) is 0 Å². The smallest absolute Gasteiger partial charge is 0.159 e. The van der Waals surface area contributed by atoms with Gasteiger partial charge in [0, 0.05) is 0 Å². The molecule has 4 fully saturated rings. The number of halogens is 4. The highest BCUT2D eigenvalue weighted by molar-refractivity contribution is 5.64. The molecule has 0 radical (unpaired) electrons. The third kappa shape index (κ3) is 13.5. The summed E-state index contributed by atoms with van der Waals surface area (Å²) in [5, 5.41) is 0. The molecular weight excluding hydrogens is 837 g/mol. The Morgan fingerprint density at radius 1 is 0.373 bits per heavy atom. The summed E-state index contributed by atoms with van der Waals surface area (Å²) in [6.07, 6.45) is 34.4. The van der Waals surface area contributed by atoms with Gasteiger partial charge in [-0.25, -0.2) is 17.6 Å². The summed E-state index contributed by atoms with van der Waals surface area (Å²) in [5.74, 6) is 2.53. The fourth-order valence-electron chi connectivity index (χ4n) is 13.6. The van der Waals surface area contributed by atoms with E-state index < -0.39 is 23.3 Å². The van der Waals surface area contributed by atoms with Gasteiger partial charge < -0.3 is 4.74 Å². The van der Waals surface area contributed by atoms with E-state index in [9.17, 15) is 17.6 Å². The van der Waals surface area contributed by atoms with Crippen LogP contribution in [-0.4, -0.2) is 0 Å². The number of benzene rings is 4. The Balaban J connectivity index is 1.01. The topological polar surface area (TPSA) is 9.23 Å². The van der Waals surface area contributed by atoms with Gasteiger partial charge in [-0.3, -0.25) is 0 Å². The summed E-state index contributed by atoms with van der Waals surface area (Å²) in [6, 6.07) is 25.2.